The fourth-order valence-corrected chi connectivity index (χ4v) is 4.43. The Labute approximate surface area is 184 Å². The third kappa shape index (κ3) is 4.28. The highest BCUT2D eigenvalue weighted by atomic mass is 32.1. The lowest BCUT2D eigenvalue weighted by molar-refractivity contribution is -0.117. The predicted octanol–water partition coefficient (Wildman–Crippen LogP) is 5.60. The second-order valence-electron chi connectivity index (χ2n) is 7.58. The van der Waals surface area contributed by atoms with E-state index in [0.717, 1.165) is 51.4 Å². The van der Waals surface area contributed by atoms with Crippen LogP contribution in [0.4, 0.5) is 17.2 Å². The molecule has 2 heterocycles. The van der Waals surface area contributed by atoms with E-state index in [4.69, 9.17) is 9.72 Å². The first-order valence-corrected chi connectivity index (χ1v) is 11.1. The molecule has 1 saturated carbocycles. The molecule has 0 saturated heterocycles. The van der Waals surface area contributed by atoms with E-state index < -0.39 is 0 Å². The summed E-state index contributed by atoms with van der Waals surface area (Å²) in [6, 6.07) is 17.9. The van der Waals surface area contributed by atoms with E-state index in [1.165, 1.54) is 0 Å². The van der Waals surface area contributed by atoms with Gasteiger partial charge in [0.25, 0.3) is 0 Å². The molecule has 4 aromatic rings. The molecule has 2 N–H and O–H groups in total. The van der Waals surface area contributed by atoms with Gasteiger partial charge in [-0.1, -0.05) is 30.3 Å². The number of ether oxygens (including phenoxy) is 1. The van der Waals surface area contributed by atoms with Crippen LogP contribution < -0.4 is 10.6 Å². The van der Waals surface area contributed by atoms with Crippen molar-refractivity contribution in [2.24, 2.45) is 5.92 Å². The molecule has 6 nitrogen and oxygen atoms in total. The van der Waals surface area contributed by atoms with Crippen LogP contribution in [0.15, 0.2) is 60.0 Å². The van der Waals surface area contributed by atoms with Crippen LogP contribution in [0.25, 0.3) is 21.3 Å². The van der Waals surface area contributed by atoms with Gasteiger partial charge in [-0.2, -0.15) is 0 Å². The van der Waals surface area contributed by atoms with E-state index in [2.05, 4.69) is 33.1 Å². The van der Waals surface area contributed by atoms with Crippen LogP contribution in [0, 0.1) is 5.92 Å². The molecule has 0 spiro atoms. The zero-order valence-electron chi connectivity index (χ0n) is 17.1. The molecule has 0 unspecified atom stereocenters. The Morgan fingerprint density at radius 2 is 1.81 bits per heavy atom. The van der Waals surface area contributed by atoms with Gasteiger partial charge < -0.3 is 15.4 Å². The number of carbonyl (C=O) groups is 1. The van der Waals surface area contributed by atoms with Crippen molar-refractivity contribution in [1.29, 1.82) is 0 Å². The normalized spacial score (nSPS) is 13.3. The Bertz CT molecular complexity index is 1220. The van der Waals surface area contributed by atoms with E-state index in [1.807, 2.05) is 42.5 Å². The van der Waals surface area contributed by atoms with Crippen LogP contribution in [0.1, 0.15) is 18.7 Å². The van der Waals surface area contributed by atoms with Gasteiger partial charge in [-0.05, 0) is 42.7 Å². The zero-order chi connectivity index (χ0) is 21.2. The summed E-state index contributed by atoms with van der Waals surface area (Å²) in [7, 11) is 1.64. The van der Waals surface area contributed by atoms with E-state index in [9.17, 15) is 4.79 Å². The van der Waals surface area contributed by atoms with Gasteiger partial charge in [0.1, 0.15) is 17.3 Å². The molecule has 1 amide bonds. The summed E-state index contributed by atoms with van der Waals surface area (Å²) in [6.45, 7) is 0.343. The fourth-order valence-electron chi connectivity index (χ4n) is 3.46. The molecular formula is C24H22N4O2S. The highest BCUT2D eigenvalue weighted by Gasteiger charge is 2.29. The van der Waals surface area contributed by atoms with Gasteiger partial charge >= 0.3 is 0 Å². The molecule has 1 fully saturated rings. The Balaban J connectivity index is 1.48. The van der Waals surface area contributed by atoms with E-state index in [0.29, 0.717) is 12.4 Å². The Hall–Kier alpha value is -3.29. The number of nitrogens with one attached hydrogen (secondary N) is 2. The Morgan fingerprint density at radius 3 is 2.52 bits per heavy atom. The van der Waals surface area contributed by atoms with Crippen molar-refractivity contribution in [3.05, 3.63) is 65.8 Å². The molecular weight excluding hydrogens is 408 g/mol. The summed E-state index contributed by atoms with van der Waals surface area (Å²) < 4.78 is 5.26. The number of methoxy groups -OCH3 is 1. The number of thiophene rings is 1. The second kappa shape index (κ2) is 8.45. The number of benzene rings is 2. The van der Waals surface area contributed by atoms with Crippen molar-refractivity contribution in [3.63, 3.8) is 0 Å². The maximum atomic E-state index is 12.0. The lowest BCUT2D eigenvalue weighted by Gasteiger charge is -2.11. The third-order valence-electron chi connectivity index (χ3n) is 5.20. The first kappa shape index (κ1) is 19.7. The van der Waals surface area contributed by atoms with Crippen molar-refractivity contribution in [1.82, 2.24) is 9.97 Å². The monoisotopic (exact) mass is 430 g/mol. The van der Waals surface area contributed by atoms with Crippen molar-refractivity contribution in [2.45, 2.75) is 19.4 Å². The summed E-state index contributed by atoms with van der Waals surface area (Å²) in [4.78, 5) is 22.3. The number of hydrogen-bond donors (Lipinski definition) is 2. The molecule has 7 heteroatoms. The molecule has 1 aliphatic carbocycles. The molecule has 0 bridgehead atoms. The first-order valence-electron chi connectivity index (χ1n) is 10.2. The van der Waals surface area contributed by atoms with Gasteiger partial charge in [-0.15, -0.1) is 11.3 Å². The minimum atomic E-state index is 0.105. The number of anilines is 3. The molecule has 31 heavy (non-hydrogen) atoms. The highest BCUT2D eigenvalue weighted by molar-refractivity contribution is 7.17. The van der Waals surface area contributed by atoms with Gasteiger partial charge in [-0.3, -0.25) is 4.79 Å². The maximum Gasteiger partial charge on any atom is 0.227 e. The molecule has 0 atom stereocenters. The van der Waals surface area contributed by atoms with Gasteiger partial charge in [0, 0.05) is 35.3 Å². The van der Waals surface area contributed by atoms with Crippen LogP contribution in [0.3, 0.4) is 0 Å². The topological polar surface area (TPSA) is 76.1 Å². The molecule has 2 aromatic carbocycles. The first-order chi connectivity index (χ1) is 15.2. The number of rotatable bonds is 7. The van der Waals surface area contributed by atoms with Crippen LogP contribution in [-0.2, 0) is 16.1 Å². The van der Waals surface area contributed by atoms with Crippen molar-refractivity contribution in [2.75, 3.05) is 17.7 Å². The summed E-state index contributed by atoms with van der Waals surface area (Å²) in [6.07, 6.45) is 1.98. The summed E-state index contributed by atoms with van der Waals surface area (Å²) in [5.41, 5.74) is 3.91. The number of nitrogens with zero attached hydrogens (tertiary/aromatic N) is 2. The average Bonchev–Trinajstić information content (AvgIpc) is 3.56. The van der Waals surface area contributed by atoms with Crippen LogP contribution in [0.5, 0.6) is 0 Å². The smallest absolute Gasteiger partial charge is 0.227 e. The van der Waals surface area contributed by atoms with Crippen LogP contribution in [-0.4, -0.2) is 23.0 Å². The average molecular weight is 431 g/mol. The number of hydrogen-bond acceptors (Lipinski definition) is 6. The second-order valence-corrected chi connectivity index (χ2v) is 8.44. The molecule has 2 aromatic heterocycles. The molecule has 0 radical (unpaired) electrons. The van der Waals surface area contributed by atoms with Crippen LogP contribution in [0.2, 0.25) is 0 Å². The van der Waals surface area contributed by atoms with E-state index in [-0.39, 0.29) is 11.8 Å². The van der Waals surface area contributed by atoms with E-state index in [1.54, 1.807) is 18.4 Å². The highest BCUT2D eigenvalue weighted by Crippen LogP contribution is 2.38. The van der Waals surface area contributed by atoms with Gasteiger partial charge in [0.05, 0.1) is 5.39 Å². The summed E-state index contributed by atoms with van der Waals surface area (Å²) >= 11 is 1.60. The minimum absolute atomic E-state index is 0.105. The number of aromatic nitrogens is 2. The quantitative estimate of drug-likeness (QED) is 0.399. The van der Waals surface area contributed by atoms with Gasteiger partial charge in [-0.25, -0.2) is 9.97 Å². The molecule has 156 valence electrons. The lowest BCUT2D eigenvalue weighted by Crippen LogP contribution is -2.13. The number of amides is 1. The SMILES string of the molecule is COCc1nc(Nc2ccc(NC(=O)C3CC3)cc2)c2c(-c3ccccc3)csc2n1. The summed E-state index contributed by atoms with van der Waals surface area (Å²) in [5.74, 6) is 1.66. The fraction of sp³-hybridized carbons (Fsp3) is 0.208. The van der Waals surface area contributed by atoms with E-state index >= 15 is 0 Å². The molecule has 1 aliphatic rings. The number of fused-ring (bicyclic) bond motifs is 1. The lowest BCUT2D eigenvalue weighted by atomic mass is 10.1. The van der Waals surface area contributed by atoms with Crippen LogP contribution >= 0.6 is 11.3 Å². The predicted molar refractivity (Wildman–Crippen MR) is 125 cm³/mol. The largest absolute Gasteiger partial charge is 0.377 e. The number of carbonyl (C=O) groups excluding carboxylic acids is 1. The Morgan fingerprint density at radius 1 is 1.06 bits per heavy atom. The minimum Gasteiger partial charge on any atom is -0.377 e. The summed E-state index contributed by atoms with van der Waals surface area (Å²) in [5, 5.41) is 9.52. The zero-order valence-corrected chi connectivity index (χ0v) is 17.9. The molecule has 5 rings (SSSR count). The van der Waals surface area contributed by atoms with Crippen molar-refractivity contribution in [3.8, 4) is 11.1 Å². The third-order valence-corrected chi connectivity index (χ3v) is 6.07. The van der Waals surface area contributed by atoms with Crippen molar-refractivity contribution < 1.29 is 9.53 Å². The maximum absolute atomic E-state index is 12.0. The van der Waals surface area contributed by atoms with Gasteiger partial charge in [0.2, 0.25) is 5.91 Å². The van der Waals surface area contributed by atoms with Gasteiger partial charge in [0.15, 0.2) is 5.82 Å². The Kier molecular flexibility index (Phi) is 5.36. The molecule has 0 aliphatic heterocycles. The standard InChI is InChI=1S/C24H22N4O2S/c1-30-13-20-27-22(21-19(14-31-24(21)28-20)15-5-3-2-4-6-15)25-17-9-11-18(12-10-17)26-23(29)16-7-8-16/h2-6,9-12,14,16H,7-8,13H2,1H3,(H,26,29)(H,25,27,28). The van der Waals surface area contributed by atoms with Crippen molar-refractivity contribution >= 4 is 44.7 Å².